The molecule has 1 rings (SSSR count). The van der Waals surface area contributed by atoms with E-state index in [2.05, 4.69) is 15.4 Å². The number of nitrogens with zero attached hydrogens (tertiary/aromatic N) is 1. The Balaban J connectivity index is 1.87. The van der Waals surface area contributed by atoms with Gasteiger partial charge in [0.25, 0.3) is 11.8 Å². The van der Waals surface area contributed by atoms with Gasteiger partial charge in [0.1, 0.15) is 6.61 Å². The van der Waals surface area contributed by atoms with E-state index in [9.17, 15) is 24.0 Å². The molecular formula is C17H26N4O8. The molecular weight excluding hydrogens is 388 g/mol. The fourth-order valence-electron chi connectivity index (χ4n) is 2.13. The van der Waals surface area contributed by atoms with Gasteiger partial charge in [0.15, 0.2) is 0 Å². The molecule has 1 heterocycles. The Morgan fingerprint density at radius 1 is 0.828 bits per heavy atom. The summed E-state index contributed by atoms with van der Waals surface area (Å²) in [5, 5.41) is 5.15. The average Bonchev–Trinajstić information content (AvgIpc) is 2.99. The van der Waals surface area contributed by atoms with Crippen LogP contribution in [0.1, 0.15) is 12.8 Å². The summed E-state index contributed by atoms with van der Waals surface area (Å²) in [6, 6.07) is 0. The first-order valence-corrected chi connectivity index (χ1v) is 9.05. The van der Waals surface area contributed by atoms with Crippen LogP contribution in [0.25, 0.3) is 0 Å². The minimum absolute atomic E-state index is 0.0119. The van der Waals surface area contributed by atoms with Gasteiger partial charge in [-0.1, -0.05) is 0 Å². The summed E-state index contributed by atoms with van der Waals surface area (Å²) in [7, 11) is 0. The van der Waals surface area contributed by atoms with Gasteiger partial charge < -0.3 is 30.6 Å². The Kier molecular flexibility index (Phi) is 11.7. The molecule has 162 valence electrons. The van der Waals surface area contributed by atoms with E-state index in [1.54, 1.807) is 0 Å². The molecule has 0 saturated heterocycles. The van der Waals surface area contributed by atoms with E-state index in [0.29, 0.717) is 6.61 Å². The largest absolute Gasteiger partial charge is 0.448 e. The van der Waals surface area contributed by atoms with Crippen LogP contribution in [-0.4, -0.2) is 87.3 Å². The van der Waals surface area contributed by atoms with Crippen LogP contribution in [0.2, 0.25) is 0 Å². The number of hydrogen-bond donors (Lipinski definition) is 3. The van der Waals surface area contributed by atoms with Crippen molar-refractivity contribution in [1.29, 1.82) is 0 Å². The number of carbonyl (C=O) groups excluding carboxylic acids is 5. The number of carbonyl (C=O) groups is 5. The Morgan fingerprint density at radius 3 is 2.00 bits per heavy atom. The summed E-state index contributed by atoms with van der Waals surface area (Å²) >= 11 is 0. The van der Waals surface area contributed by atoms with Gasteiger partial charge in [-0.25, -0.2) is 4.79 Å². The molecule has 12 nitrogen and oxygen atoms in total. The van der Waals surface area contributed by atoms with E-state index in [-0.39, 0.29) is 70.7 Å². The Bertz CT molecular complexity index is 605. The van der Waals surface area contributed by atoms with E-state index in [4.69, 9.17) is 15.2 Å². The van der Waals surface area contributed by atoms with Crippen molar-refractivity contribution >= 4 is 29.7 Å². The SMILES string of the molecule is NC(=O)OCCNC(=O)CCOCCOCCNC(=O)CCN1C(=O)C=CC1=O. The minimum atomic E-state index is -0.894. The molecule has 5 amide bonds. The Hall–Kier alpha value is -2.99. The number of imide groups is 1. The standard InChI is InChI=1S/C17H26N4O8/c18-17(26)29-10-6-20-14(23)4-8-27-11-12-28-9-5-19-13(22)3-7-21-15(24)1-2-16(21)25/h1-2H,3-12H2,(H2,18,26)(H,19,22)(H,20,23). The van der Waals surface area contributed by atoms with Crippen molar-refractivity contribution in [3.8, 4) is 0 Å². The molecule has 1 aliphatic heterocycles. The van der Waals surface area contributed by atoms with Gasteiger partial charge in [-0.3, -0.25) is 24.1 Å². The Morgan fingerprint density at radius 2 is 1.38 bits per heavy atom. The van der Waals surface area contributed by atoms with Gasteiger partial charge in [0.2, 0.25) is 11.8 Å². The average molecular weight is 414 g/mol. The molecule has 1 aliphatic rings. The third kappa shape index (κ3) is 11.4. The predicted molar refractivity (Wildman–Crippen MR) is 98.3 cm³/mol. The Labute approximate surface area is 167 Å². The van der Waals surface area contributed by atoms with Gasteiger partial charge in [-0.05, 0) is 0 Å². The van der Waals surface area contributed by atoms with E-state index in [1.807, 2.05) is 0 Å². The molecule has 4 N–H and O–H groups in total. The van der Waals surface area contributed by atoms with Crippen molar-refractivity contribution in [2.45, 2.75) is 12.8 Å². The lowest BCUT2D eigenvalue weighted by molar-refractivity contribution is -0.137. The first-order chi connectivity index (χ1) is 13.9. The number of nitrogens with one attached hydrogen (secondary N) is 2. The molecule has 12 heteroatoms. The maximum absolute atomic E-state index is 11.6. The summed E-state index contributed by atoms with van der Waals surface area (Å²) in [4.78, 5) is 57.1. The molecule has 0 atom stereocenters. The molecule has 0 bridgehead atoms. The second-order valence-corrected chi connectivity index (χ2v) is 5.75. The third-order valence-corrected chi connectivity index (χ3v) is 3.55. The van der Waals surface area contributed by atoms with E-state index >= 15 is 0 Å². The fraction of sp³-hybridized carbons (Fsp3) is 0.588. The van der Waals surface area contributed by atoms with Crippen LogP contribution in [-0.2, 0) is 33.4 Å². The van der Waals surface area contributed by atoms with Gasteiger partial charge in [-0.15, -0.1) is 0 Å². The van der Waals surface area contributed by atoms with Gasteiger partial charge in [0.05, 0.1) is 33.0 Å². The zero-order valence-corrected chi connectivity index (χ0v) is 16.0. The van der Waals surface area contributed by atoms with Crippen molar-refractivity contribution in [3.05, 3.63) is 12.2 Å². The van der Waals surface area contributed by atoms with E-state index in [1.165, 1.54) is 12.2 Å². The maximum atomic E-state index is 11.6. The van der Waals surface area contributed by atoms with Gasteiger partial charge in [-0.2, -0.15) is 0 Å². The fourth-order valence-corrected chi connectivity index (χ4v) is 2.13. The molecule has 29 heavy (non-hydrogen) atoms. The van der Waals surface area contributed by atoms with Crippen LogP contribution in [0, 0.1) is 0 Å². The summed E-state index contributed by atoms with van der Waals surface area (Å²) < 4.78 is 15.0. The van der Waals surface area contributed by atoms with Crippen LogP contribution >= 0.6 is 0 Å². The van der Waals surface area contributed by atoms with E-state index in [0.717, 1.165) is 4.90 Å². The third-order valence-electron chi connectivity index (χ3n) is 3.55. The number of primary amides is 1. The quantitative estimate of drug-likeness (QED) is 0.205. The summed E-state index contributed by atoms with van der Waals surface area (Å²) in [6.45, 7) is 1.59. The summed E-state index contributed by atoms with van der Waals surface area (Å²) in [5.74, 6) is -1.36. The first-order valence-electron chi connectivity index (χ1n) is 9.05. The highest BCUT2D eigenvalue weighted by molar-refractivity contribution is 6.13. The first kappa shape index (κ1) is 24.0. The zero-order chi connectivity index (χ0) is 21.5. The molecule has 0 saturated carbocycles. The van der Waals surface area contributed by atoms with Crippen LogP contribution in [0.15, 0.2) is 12.2 Å². The molecule has 0 fully saturated rings. The van der Waals surface area contributed by atoms with Crippen LogP contribution in [0.3, 0.4) is 0 Å². The van der Waals surface area contributed by atoms with Crippen molar-refractivity contribution in [2.24, 2.45) is 5.73 Å². The lowest BCUT2D eigenvalue weighted by atomic mass is 10.3. The topological polar surface area (TPSA) is 166 Å². The number of rotatable bonds is 15. The van der Waals surface area contributed by atoms with E-state index < -0.39 is 17.9 Å². The van der Waals surface area contributed by atoms with Crippen LogP contribution < -0.4 is 16.4 Å². The highest BCUT2D eigenvalue weighted by Crippen LogP contribution is 2.03. The van der Waals surface area contributed by atoms with Crippen LogP contribution in [0.5, 0.6) is 0 Å². The maximum Gasteiger partial charge on any atom is 0.404 e. The van der Waals surface area contributed by atoms with Crippen molar-refractivity contribution in [3.63, 3.8) is 0 Å². The molecule has 0 aromatic heterocycles. The number of amides is 5. The molecule has 0 radical (unpaired) electrons. The lowest BCUT2D eigenvalue weighted by Crippen LogP contribution is -2.35. The molecule has 0 aliphatic carbocycles. The van der Waals surface area contributed by atoms with Crippen molar-refractivity contribution < 1.29 is 38.2 Å². The second-order valence-electron chi connectivity index (χ2n) is 5.75. The van der Waals surface area contributed by atoms with Crippen molar-refractivity contribution in [2.75, 3.05) is 52.7 Å². The van der Waals surface area contributed by atoms with Crippen molar-refractivity contribution in [1.82, 2.24) is 15.5 Å². The zero-order valence-electron chi connectivity index (χ0n) is 16.0. The lowest BCUT2D eigenvalue weighted by Gasteiger charge is -2.13. The molecule has 0 unspecified atom stereocenters. The minimum Gasteiger partial charge on any atom is -0.448 e. The molecule has 0 spiro atoms. The summed E-state index contributed by atoms with van der Waals surface area (Å²) in [6.07, 6.45) is 1.63. The van der Waals surface area contributed by atoms with Gasteiger partial charge >= 0.3 is 6.09 Å². The predicted octanol–water partition coefficient (Wildman–Crippen LogP) is -1.95. The molecule has 0 aromatic rings. The smallest absolute Gasteiger partial charge is 0.404 e. The normalized spacial score (nSPS) is 12.9. The monoisotopic (exact) mass is 414 g/mol. The highest BCUT2D eigenvalue weighted by Gasteiger charge is 2.23. The number of ether oxygens (including phenoxy) is 3. The number of hydrogen-bond acceptors (Lipinski definition) is 8. The van der Waals surface area contributed by atoms with Crippen LogP contribution in [0.4, 0.5) is 4.79 Å². The molecule has 0 aromatic carbocycles. The summed E-state index contributed by atoms with van der Waals surface area (Å²) in [5.41, 5.74) is 4.77. The second kappa shape index (κ2) is 14.1. The van der Waals surface area contributed by atoms with Gasteiger partial charge in [0, 0.05) is 38.1 Å². The highest BCUT2D eigenvalue weighted by atomic mass is 16.5. The number of nitrogens with two attached hydrogens (primary N) is 1.